The summed E-state index contributed by atoms with van der Waals surface area (Å²) in [6.45, 7) is -1.30. The van der Waals surface area contributed by atoms with E-state index in [1.807, 2.05) is 0 Å². The van der Waals surface area contributed by atoms with Gasteiger partial charge in [-0.15, -0.1) is 0 Å². The second-order valence-corrected chi connectivity index (χ2v) is 33.8. The van der Waals surface area contributed by atoms with Crippen LogP contribution in [0.2, 0.25) is 0 Å². The second kappa shape index (κ2) is 46.3. The van der Waals surface area contributed by atoms with Crippen LogP contribution >= 0.6 is 0 Å². The third-order valence-corrected chi connectivity index (χ3v) is 24.4. The van der Waals surface area contributed by atoms with Gasteiger partial charge in [0.25, 0.3) is 0 Å². The average Bonchev–Trinajstić information content (AvgIpc) is 0.763. The van der Waals surface area contributed by atoms with Crippen molar-refractivity contribution in [1.82, 2.24) is 21.3 Å². The van der Waals surface area contributed by atoms with Crippen LogP contribution in [0.4, 0.5) is 0 Å². The molecule has 0 aromatic heterocycles. The first-order chi connectivity index (χ1) is 61.8. The van der Waals surface area contributed by atoms with Gasteiger partial charge in [0.2, 0.25) is 23.6 Å². The minimum atomic E-state index is -2.56. The fourth-order valence-corrected chi connectivity index (χ4v) is 17.1. The molecule has 11 saturated heterocycles. The lowest BCUT2D eigenvalue weighted by molar-refractivity contribution is -0.394. The van der Waals surface area contributed by atoms with Crippen molar-refractivity contribution in [3.63, 3.8) is 0 Å². The first-order valence-electron chi connectivity index (χ1n) is 42.2. The van der Waals surface area contributed by atoms with Crippen molar-refractivity contribution in [2.75, 3.05) is 52.9 Å². The molecule has 758 valence electrons. The van der Waals surface area contributed by atoms with Crippen LogP contribution in [0.1, 0.15) is 48.5 Å². The van der Waals surface area contributed by atoms with Gasteiger partial charge >= 0.3 is 0 Å². The van der Waals surface area contributed by atoms with E-state index >= 15 is 0 Å². The Labute approximate surface area is 743 Å². The maximum Gasteiger partial charge on any atom is 0.217 e. The van der Waals surface area contributed by atoms with E-state index in [0.29, 0.717) is 0 Å². The highest BCUT2D eigenvalue weighted by Crippen LogP contribution is 2.42. The van der Waals surface area contributed by atoms with Gasteiger partial charge in [0.05, 0.1) is 71.2 Å². The molecule has 32 N–H and O–H groups in total. The van der Waals surface area contributed by atoms with E-state index < -0.39 is 414 Å². The summed E-state index contributed by atoms with van der Waals surface area (Å²) in [5, 5.41) is 323. The summed E-state index contributed by atoms with van der Waals surface area (Å²) in [5.74, 6) is -3.78. The standard InChI is InChI=1S/C74H124N4O53/c1-16-35(88)44(97)51(104)68(114-16)112-15-30-58(42(95)31(64(110)117-30)75-19(4)84)125-66-32(76-20(5)85)43(96)57(25(10-81)121-66)126-73-56(109)49(102)40(93)28(123-73)14-113-74-63(131-67-34(78-22(7)87)62(130-70-53(106)46(99)37(90)18(3)116-70)60(27(12-83)122-67)128-72-55(108)48(101)39(92)24(9-80)119-72)50(103)41(94)29(124-74)13-111-65-33(77-21(6)86)61(129-69-52(105)45(98)36(89)17(2)115-69)59(26(11-82)120-65)127-71-54(107)47(100)38(91)23(8-79)118-71/h16-18,23-74,79-83,88-110H,8-15H2,1-7H3,(H,75,84)(H,76,85)(H,77,86)(H,78,87)/t16-,17-,18-,23+,24+,25+,26+,27+,28+,29+,30+,31+,32+,33+,34+,35+,36+,37+,38-,39-,40+,41+,42+,43+,44+,45+,46+,47-,48-,49-,50-,51-,52-,53-,54+,55+,56-,57+,58+,59+,60+,61+,62+,63-,64+,65+,66-,67-,68+,69-,70-,71-,72-,73-,74-/m0/s1. The smallest absolute Gasteiger partial charge is 0.217 e. The molecule has 57 nitrogen and oxygen atoms in total. The molecular formula is C74H124N4O53. The minimum Gasteiger partial charge on any atom is -0.394 e. The summed E-state index contributed by atoms with van der Waals surface area (Å²) in [6.07, 6.45) is -104. The van der Waals surface area contributed by atoms with Crippen LogP contribution in [0.5, 0.6) is 0 Å². The van der Waals surface area contributed by atoms with Crippen LogP contribution < -0.4 is 21.3 Å². The van der Waals surface area contributed by atoms with Crippen LogP contribution in [0.15, 0.2) is 0 Å². The largest absolute Gasteiger partial charge is 0.394 e. The zero-order chi connectivity index (χ0) is 96.4. The van der Waals surface area contributed by atoms with Gasteiger partial charge < -0.3 is 264 Å². The molecule has 55 atom stereocenters. The average molecular weight is 1920 g/mol. The number of aliphatic hydroxyl groups is 28. The Balaban J connectivity index is 0.919. The van der Waals surface area contributed by atoms with E-state index in [0.717, 1.165) is 27.7 Å². The topological polar surface area (TPSA) is 877 Å². The van der Waals surface area contributed by atoms with E-state index in [-0.39, 0.29) is 0 Å². The number of amides is 4. The van der Waals surface area contributed by atoms with Gasteiger partial charge in [-0.3, -0.25) is 19.2 Å². The normalized spacial score (nSPS) is 50.7. The van der Waals surface area contributed by atoms with Crippen LogP contribution in [0.3, 0.4) is 0 Å². The molecule has 0 aromatic carbocycles. The molecule has 11 aliphatic heterocycles. The van der Waals surface area contributed by atoms with Crippen molar-refractivity contribution in [3.8, 4) is 0 Å². The van der Waals surface area contributed by atoms with Gasteiger partial charge in [0, 0.05) is 27.7 Å². The Morgan fingerprint density at radius 3 is 0.885 bits per heavy atom. The molecular weight excluding hydrogens is 1790 g/mol. The second-order valence-electron chi connectivity index (χ2n) is 33.8. The Kier molecular flexibility index (Phi) is 38.0. The summed E-state index contributed by atoms with van der Waals surface area (Å²) in [4.78, 5) is 52.6. The van der Waals surface area contributed by atoms with Crippen molar-refractivity contribution in [3.05, 3.63) is 0 Å². The predicted molar refractivity (Wildman–Crippen MR) is 404 cm³/mol. The predicted octanol–water partition coefficient (Wildman–Crippen LogP) is -21.3. The molecule has 0 saturated carbocycles. The van der Waals surface area contributed by atoms with Crippen molar-refractivity contribution in [1.29, 1.82) is 0 Å². The van der Waals surface area contributed by atoms with Gasteiger partial charge in [-0.05, 0) is 20.8 Å². The molecule has 0 unspecified atom stereocenters. The Morgan fingerprint density at radius 2 is 0.466 bits per heavy atom. The van der Waals surface area contributed by atoms with Gasteiger partial charge in [0.15, 0.2) is 69.2 Å². The lowest BCUT2D eigenvalue weighted by Gasteiger charge is -2.51. The summed E-state index contributed by atoms with van der Waals surface area (Å²) in [5.41, 5.74) is 0. The van der Waals surface area contributed by atoms with Crippen LogP contribution in [-0.2, 0) is 119 Å². The number of nitrogens with one attached hydrogen (secondary N) is 4. The van der Waals surface area contributed by atoms with Crippen molar-refractivity contribution < 1.29 is 262 Å². The maximum atomic E-state index is 13.7. The summed E-state index contributed by atoms with van der Waals surface area (Å²) < 4.78 is 127. The quantitative estimate of drug-likeness (QED) is 0.0297. The molecule has 0 radical (unpaired) electrons. The summed E-state index contributed by atoms with van der Waals surface area (Å²) in [6, 6.07) is -7.67. The number of carbonyl (C=O) groups is 4. The van der Waals surface area contributed by atoms with Crippen LogP contribution in [0, 0.1) is 0 Å². The Hall–Kier alpha value is -4.08. The Morgan fingerprint density at radius 1 is 0.214 bits per heavy atom. The number of aliphatic hydroxyl groups excluding tert-OH is 28. The molecule has 11 rings (SSSR count). The van der Waals surface area contributed by atoms with E-state index in [9.17, 15) is 162 Å². The fourth-order valence-electron chi connectivity index (χ4n) is 17.1. The molecule has 11 aliphatic rings. The molecule has 11 fully saturated rings. The van der Waals surface area contributed by atoms with Crippen LogP contribution in [0.25, 0.3) is 0 Å². The Bertz CT molecular complexity index is 3590. The summed E-state index contributed by atoms with van der Waals surface area (Å²) in [7, 11) is 0. The highest BCUT2D eigenvalue weighted by atomic mass is 16.8. The molecule has 57 heteroatoms. The third kappa shape index (κ3) is 23.8. The highest BCUT2D eigenvalue weighted by Gasteiger charge is 2.62. The van der Waals surface area contributed by atoms with Gasteiger partial charge in [0.1, 0.15) is 250 Å². The molecule has 4 amide bonds. The van der Waals surface area contributed by atoms with Crippen LogP contribution in [-0.4, -0.2) is 557 Å². The molecule has 0 bridgehead atoms. The molecule has 0 aliphatic carbocycles. The lowest BCUT2D eigenvalue weighted by atomic mass is 9.93. The van der Waals surface area contributed by atoms with Gasteiger partial charge in [-0.1, -0.05) is 0 Å². The monoisotopic (exact) mass is 1920 g/mol. The highest BCUT2D eigenvalue weighted by molar-refractivity contribution is 5.74. The maximum absolute atomic E-state index is 13.7. The molecule has 131 heavy (non-hydrogen) atoms. The summed E-state index contributed by atoms with van der Waals surface area (Å²) >= 11 is 0. The molecule has 11 heterocycles. The minimum absolute atomic E-state index is 0.826. The van der Waals surface area contributed by atoms with E-state index in [1.54, 1.807) is 0 Å². The van der Waals surface area contributed by atoms with Crippen molar-refractivity contribution in [2.24, 2.45) is 0 Å². The van der Waals surface area contributed by atoms with E-state index in [4.69, 9.17) is 99.5 Å². The molecule has 0 spiro atoms. The number of hydrogen-bond acceptors (Lipinski definition) is 53. The van der Waals surface area contributed by atoms with Gasteiger partial charge in [-0.2, -0.15) is 0 Å². The number of rotatable bonds is 32. The first kappa shape index (κ1) is 107. The molecule has 0 aromatic rings. The zero-order valence-corrected chi connectivity index (χ0v) is 71.1. The number of ether oxygens (including phenoxy) is 21. The lowest BCUT2D eigenvalue weighted by Crippen LogP contribution is -2.71. The zero-order valence-electron chi connectivity index (χ0n) is 71.1. The number of hydrogen-bond donors (Lipinski definition) is 32. The third-order valence-electron chi connectivity index (χ3n) is 24.4. The van der Waals surface area contributed by atoms with Crippen molar-refractivity contribution >= 4 is 23.6 Å². The first-order valence-corrected chi connectivity index (χ1v) is 42.2. The van der Waals surface area contributed by atoms with E-state index in [2.05, 4.69) is 21.3 Å². The number of carbonyl (C=O) groups excluding carboxylic acids is 4. The fraction of sp³-hybridized carbons (Fsp3) is 0.946. The van der Waals surface area contributed by atoms with Crippen molar-refractivity contribution in [2.45, 2.75) is 386 Å². The van der Waals surface area contributed by atoms with Gasteiger partial charge in [-0.25, -0.2) is 0 Å². The van der Waals surface area contributed by atoms with E-state index in [1.165, 1.54) is 20.8 Å². The SMILES string of the molecule is CC(=O)N[C@@H]1[C@@H](O)[C@H](O[C@@H]2O[C@H](CO)[C@@H](O[C@@H]3O[C@H](CO[C@H]4O[C@H](CO[C@@H]5O[C@H](CO)[C@@H](O[C@@H]6O[C@H](CO)[C@H](O)[C@H](O)[C@H]6O)[C@H](O[C@@H]6O[C@@H](C)[C@@H](O)[C@@H](O)[C@@H]6O)[C@H]5NC(C)=O)[C@@H](O)[C@H](O)[C@@H]4O[C@@H]4O[C@H](CO)[C@@H](O[C@@H]5O[C@H](CO)[C@H](O)[C@H](O)[C@H]5O)[C@H](O[C@@H]5O[C@@H](C)[C@@H](O)[C@@H](O)[C@@H]5O)[C@H]4NC(C)=O)[C@@H](O)[C@H](O)[C@@H]3O)[C@H](O)[C@H]2NC(C)=O)[C@@H](CO[C@@H]2O[C@@H](C)[C@@H](O)[C@@H](O)[C@@H]2O)O[C@H]1O.